The van der Waals surface area contributed by atoms with Crippen molar-refractivity contribution in [2.24, 2.45) is 0 Å². The summed E-state index contributed by atoms with van der Waals surface area (Å²) in [5.74, 6) is -0.222. The van der Waals surface area contributed by atoms with Crippen molar-refractivity contribution >= 4 is 37.4 Å². The van der Waals surface area contributed by atoms with Crippen LogP contribution in [0, 0.1) is 6.92 Å². The number of fused-ring (bicyclic) bond motifs is 1. The van der Waals surface area contributed by atoms with Gasteiger partial charge in [-0.3, -0.25) is 4.79 Å². The highest BCUT2D eigenvalue weighted by atomic mass is 32.2. The molecule has 0 aliphatic carbocycles. The molecule has 0 unspecified atom stereocenters. The Morgan fingerprint density at radius 1 is 1.07 bits per heavy atom. The Labute approximate surface area is 180 Å². The molecular weight excluding hydrogens is 420 g/mol. The molecule has 0 spiro atoms. The fourth-order valence-electron chi connectivity index (χ4n) is 3.63. The summed E-state index contributed by atoms with van der Waals surface area (Å²) in [7, 11) is -3.43. The summed E-state index contributed by atoms with van der Waals surface area (Å²) in [6.07, 6.45) is 0. The Bertz CT molecular complexity index is 1160. The zero-order chi connectivity index (χ0) is 21.1. The molecule has 2 heterocycles. The molecule has 8 heteroatoms. The predicted molar refractivity (Wildman–Crippen MR) is 119 cm³/mol. The van der Waals surface area contributed by atoms with Crippen LogP contribution in [0.4, 0.5) is 0 Å². The minimum Gasteiger partial charge on any atom is -0.379 e. The molecule has 1 N–H and O–H groups in total. The maximum absolute atomic E-state index is 12.8. The van der Waals surface area contributed by atoms with E-state index in [-0.39, 0.29) is 18.2 Å². The first-order valence-corrected chi connectivity index (χ1v) is 12.3. The Balaban J connectivity index is 1.49. The van der Waals surface area contributed by atoms with Gasteiger partial charge in [0.15, 0.2) is 0 Å². The molecule has 4 rings (SSSR count). The molecule has 0 saturated carbocycles. The predicted octanol–water partition coefficient (Wildman–Crippen LogP) is 3.30. The van der Waals surface area contributed by atoms with E-state index < -0.39 is 10.0 Å². The van der Waals surface area contributed by atoms with Crippen LogP contribution in [0.5, 0.6) is 0 Å². The van der Waals surface area contributed by atoms with Gasteiger partial charge in [0.05, 0.1) is 23.8 Å². The van der Waals surface area contributed by atoms with Gasteiger partial charge in [-0.15, -0.1) is 11.3 Å². The lowest BCUT2D eigenvalue weighted by atomic mass is 10.1. The van der Waals surface area contributed by atoms with Crippen LogP contribution >= 0.6 is 11.3 Å². The highest BCUT2D eigenvalue weighted by molar-refractivity contribution is 7.88. The van der Waals surface area contributed by atoms with Crippen LogP contribution in [0.1, 0.15) is 26.4 Å². The van der Waals surface area contributed by atoms with E-state index in [1.807, 2.05) is 55.5 Å². The molecule has 158 valence electrons. The summed E-state index contributed by atoms with van der Waals surface area (Å²) in [5.41, 5.74) is 2.48. The zero-order valence-electron chi connectivity index (χ0n) is 16.8. The fraction of sp³-hybridized carbons (Fsp3) is 0.318. The van der Waals surface area contributed by atoms with Crippen molar-refractivity contribution in [3.05, 3.63) is 70.1 Å². The molecule has 0 bridgehead atoms. The molecule has 1 aliphatic heterocycles. The van der Waals surface area contributed by atoms with Gasteiger partial charge in [-0.1, -0.05) is 42.5 Å². The van der Waals surface area contributed by atoms with E-state index in [9.17, 15) is 13.2 Å². The fourth-order valence-corrected chi connectivity index (χ4v) is 6.32. The molecule has 6 nitrogen and oxygen atoms in total. The number of nitrogens with one attached hydrogen (secondary N) is 1. The third-order valence-electron chi connectivity index (χ3n) is 5.31. The third-order valence-corrected chi connectivity index (χ3v) is 8.41. The first kappa shape index (κ1) is 21.0. The van der Waals surface area contributed by atoms with Gasteiger partial charge in [0.25, 0.3) is 5.91 Å². The molecule has 1 amide bonds. The number of hydrogen-bond acceptors (Lipinski definition) is 5. The van der Waals surface area contributed by atoms with Gasteiger partial charge in [0.1, 0.15) is 0 Å². The van der Waals surface area contributed by atoms with E-state index in [0.717, 1.165) is 21.2 Å². The third kappa shape index (κ3) is 4.41. The van der Waals surface area contributed by atoms with Crippen LogP contribution in [0.2, 0.25) is 0 Å². The summed E-state index contributed by atoms with van der Waals surface area (Å²) in [6, 6.07) is 15.3. The Hall–Kier alpha value is -2.26. The highest BCUT2D eigenvalue weighted by Gasteiger charge is 2.25. The number of thiophene rings is 1. The van der Waals surface area contributed by atoms with Crippen molar-refractivity contribution < 1.29 is 17.9 Å². The summed E-state index contributed by atoms with van der Waals surface area (Å²) < 4.78 is 33.4. The first-order valence-electron chi connectivity index (χ1n) is 9.84. The van der Waals surface area contributed by atoms with Crippen molar-refractivity contribution in [1.82, 2.24) is 9.62 Å². The number of carbonyl (C=O) groups is 1. The standard InChI is InChI=1S/C22H24N2O4S2/c1-16-19-8-4-5-9-20(19)29-21(16)22(25)23-14-17-6-2-3-7-18(17)15-30(26,27)24-10-12-28-13-11-24/h2-9H,10-15H2,1H3,(H,23,25). The molecule has 3 aromatic rings. The van der Waals surface area contributed by atoms with Crippen LogP contribution in [0.15, 0.2) is 48.5 Å². The van der Waals surface area contributed by atoms with E-state index in [0.29, 0.717) is 36.7 Å². The van der Waals surface area contributed by atoms with Crippen molar-refractivity contribution in [1.29, 1.82) is 0 Å². The maximum Gasteiger partial charge on any atom is 0.261 e. The van der Waals surface area contributed by atoms with Crippen LogP contribution in [0.3, 0.4) is 0 Å². The van der Waals surface area contributed by atoms with Crippen molar-refractivity contribution in [2.75, 3.05) is 26.3 Å². The Morgan fingerprint density at radius 3 is 2.47 bits per heavy atom. The van der Waals surface area contributed by atoms with E-state index >= 15 is 0 Å². The molecular formula is C22H24N2O4S2. The lowest BCUT2D eigenvalue weighted by Gasteiger charge is -2.26. The Morgan fingerprint density at radius 2 is 1.73 bits per heavy atom. The average Bonchev–Trinajstić information content (AvgIpc) is 3.10. The number of aryl methyl sites for hydroxylation is 1. The molecule has 0 atom stereocenters. The minimum absolute atomic E-state index is 0.0824. The number of morpholine rings is 1. The second kappa shape index (κ2) is 8.85. The van der Waals surface area contributed by atoms with E-state index in [1.165, 1.54) is 15.6 Å². The van der Waals surface area contributed by atoms with Crippen molar-refractivity contribution in [2.45, 2.75) is 19.2 Å². The molecule has 1 aliphatic rings. The van der Waals surface area contributed by atoms with E-state index in [4.69, 9.17) is 4.74 Å². The number of carbonyl (C=O) groups excluding carboxylic acids is 1. The number of hydrogen-bond donors (Lipinski definition) is 1. The lowest BCUT2D eigenvalue weighted by Crippen LogP contribution is -2.41. The van der Waals surface area contributed by atoms with Gasteiger partial charge >= 0.3 is 0 Å². The monoisotopic (exact) mass is 444 g/mol. The number of benzene rings is 2. The Kier molecular flexibility index (Phi) is 6.19. The molecule has 1 fully saturated rings. The number of sulfonamides is 1. The quantitative estimate of drug-likeness (QED) is 0.633. The topological polar surface area (TPSA) is 75.7 Å². The van der Waals surface area contributed by atoms with Crippen LogP contribution in [0.25, 0.3) is 10.1 Å². The lowest BCUT2D eigenvalue weighted by molar-refractivity contribution is 0.0729. The van der Waals surface area contributed by atoms with Crippen LogP contribution in [-0.2, 0) is 27.1 Å². The largest absolute Gasteiger partial charge is 0.379 e. The first-order chi connectivity index (χ1) is 14.5. The summed E-state index contributed by atoms with van der Waals surface area (Å²) in [6.45, 7) is 3.84. The SMILES string of the molecule is Cc1c(C(=O)NCc2ccccc2CS(=O)(=O)N2CCOCC2)sc2ccccc12. The van der Waals surface area contributed by atoms with Crippen molar-refractivity contribution in [3.63, 3.8) is 0 Å². The van der Waals surface area contributed by atoms with E-state index in [1.54, 1.807) is 0 Å². The summed E-state index contributed by atoms with van der Waals surface area (Å²) >= 11 is 1.47. The zero-order valence-corrected chi connectivity index (χ0v) is 18.4. The molecule has 2 aromatic carbocycles. The van der Waals surface area contributed by atoms with Gasteiger partial charge in [0, 0.05) is 24.3 Å². The van der Waals surface area contributed by atoms with Crippen LogP contribution < -0.4 is 5.32 Å². The average molecular weight is 445 g/mol. The highest BCUT2D eigenvalue weighted by Crippen LogP contribution is 2.30. The second-order valence-electron chi connectivity index (χ2n) is 7.27. The number of ether oxygens (including phenoxy) is 1. The maximum atomic E-state index is 12.8. The van der Waals surface area contributed by atoms with Gasteiger partial charge < -0.3 is 10.1 Å². The normalized spacial score (nSPS) is 15.4. The second-order valence-corrected chi connectivity index (χ2v) is 10.3. The summed E-state index contributed by atoms with van der Waals surface area (Å²) in [5, 5.41) is 4.05. The van der Waals surface area contributed by atoms with Gasteiger partial charge in [-0.05, 0) is 35.1 Å². The smallest absolute Gasteiger partial charge is 0.261 e. The molecule has 1 saturated heterocycles. The number of nitrogens with zero attached hydrogens (tertiary/aromatic N) is 1. The molecule has 0 radical (unpaired) electrons. The number of amides is 1. The molecule has 30 heavy (non-hydrogen) atoms. The van der Waals surface area contributed by atoms with Crippen molar-refractivity contribution in [3.8, 4) is 0 Å². The molecule has 1 aromatic heterocycles. The van der Waals surface area contributed by atoms with Gasteiger partial charge in [-0.2, -0.15) is 4.31 Å². The van der Waals surface area contributed by atoms with E-state index in [2.05, 4.69) is 5.32 Å². The number of rotatable bonds is 6. The van der Waals surface area contributed by atoms with Gasteiger partial charge in [-0.25, -0.2) is 8.42 Å². The minimum atomic E-state index is -3.43. The van der Waals surface area contributed by atoms with Gasteiger partial charge in [0.2, 0.25) is 10.0 Å². The van der Waals surface area contributed by atoms with Crippen LogP contribution in [-0.4, -0.2) is 44.9 Å². The summed E-state index contributed by atoms with van der Waals surface area (Å²) in [4.78, 5) is 13.5.